The molecule has 5 rings (SSSR count). The van der Waals surface area contributed by atoms with Crippen LogP contribution in [0.4, 0.5) is 8.78 Å². The van der Waals surface area contributed by atoms with Crippen LogP contribution in [-0.2, 0) is 19.8 Å². The van der Waals surface area contributed by atoms with Crippen LogP contribution in [0.25, 0.3) is 11.9 Å². The first kappa shape index (κ1) is 26.8. The molecule has 1 saturated carbocycles. The molecule has 198 valence electrons. The highest BCUT2D eigenvalue weighted by atomic mass is 35.5. The number of hydrogen-bond acceptors (Lipinski definition) is 7. The number of pyridine rings is 1. The number of aromatic nitrogens is 1. The molecule has 2 aromatic carbocycles. The minimum absolute atomic E-state index is 0.0599. The smallest absolute Gasteiger partial charge is 0.297 e. The third-order valence-corrected chi connectivity index (χ3v) is 9.70. The van der Waals surface area contributed by atoms with Crippen molar-refractivity contribution in [1.29, 1.82) is 0 Å². The van der Waals surface area contributed by atoms with Crippen molar-refractivity contribution in [3.8, 4) is 0 Å². The van der Waals surface area contributed by atoms with Crippen LogP contribution in [0, 0.1) is 18.7 Å². The zero-order valence-electron chi connectivity index (χ0n) is 20.5. The third-order valence-electron chi connectivity index (χ3n) is 6.92. The highest BCUT2D eigenvalue weighted by molar-refractivity contribution is 8.15. The summed E-state index contributed by atoms with van der Waals surface area (Å²) >= 11 is 7.07. The van der Waals surface area contributed by atoms with Gasteiger partial charge >= 0.3 is 0 Å². The zero-order valence-corrected chi connectivity index (χ0v) is 22.9. The van der Waals surface area contributed by atoms with Gasteiger partial charge in [0.15, 0.2) is 5.17 Å². The monoisotopic (exact) mass is 575 g/mol. The lowest BCUT2D eigenvalue weighted by Gasteiger charge is -2.34. The molecule has 0 spiro atoms. The Balaban J connectivity index is 1.42. The van der Waals surface area contributed by atoms with Gasteiger partial charge in [-0.3, -0.25) is 14.2 Å². The predicted molar refractivity (Wildman–Crippen MR) is 146 cm³/mol. The average molecular weight is 576 g/mol. The van der Waals surface area contributed by atoms with Crippen LogP contribution >= 0.6 is 23.4 Å². The van der Waals surface area contributed by atoms with E-state index in [0.29, 0.717) is 17.0 Å². The highest BCUT2D eigenvalue weighted by Crippen LogP contribution is 2.66. The molecule has 0 saturated heterocycles. The molecular formula is C27H24ClF2N3O3S2. The summed E-state index contributed by atoms with van der Waals surface area (Å²) in [6.45, 7) is 3.48. The number of amidine groups is 1. The van der Waals surface area contributed by atoms with E-state index in [2.05, 4.69) is 9.98 Å². The van der Waals surface area contributed by atoms with E-state index in [-0.39, 0.29) is 33.8 Å². The first-order valence-electron chi connectivity index (χ1n) is 11.7. The Morgan fingerprint density at radius 1 is 1.24 bits per heavy atom. The fraction of sp³-hybridized carbons (Fsp3) is 0.259. The maximum absolute atomic E-state index is 15.2. The summed E-state index contributed by atoms with van der Waals surface area (Å²) in [6, 6.07) is 13.6. The predicted octanol–water partition coefficient (Wildman–Crippen LogP) is 6.09. The summed E-state index contributed by atoms with van der Waals surface area (Å²) < 4.78 is 60.4. The Hall–Kier alpha value is -2.79. The van der Waals surface area contributed by atoms with E-state index in [9.17, 15) is 12.8 Å². The van der Waals surface area contributed by atoms with Crippen LogP contribution in [0.1, 0.15) is 35.7 Å². The molecule has 3 atom stereocenters. The van der Waals surface area contributed by atoms with Crippen molar-refractivity contribution in [1.82, 2.24) is 4.98 Å². The van der Waals surface area contributed by atoms with E-state index in [1.807, 2.05) is 6.92 Å². The average Bonchev–Trinajstić information content (AvgIpc) is 3.60. The fourth-order valence-electron chi connectivity index (χ4n) is 4.79. The van der Waals surface area contributed by atoms with Gasteiger partial charge in [-0.15, -0.1) is 0 Å². The number of nitrogens with zero attached hydrogens (tertiary/aromatic N) is 2. The van der Waals surface area contributed by atoms with Crippen LogP contribution in [0.2, 0.25) is 5.02 Å². The molecule has 1 aliphatic heterocycles. The molecule has 0 radical (unpaired) electrons. The number of hydrogen-bond donors (Lipinski definition) is 1. The van der Waals surface area contributed by atoms with E-state index in [1.54, 1.807) is 19.1 Å². The Bertz CT molecular complexity index is 1560. The first-order valence-corrected chi connectivity index (χ1v) is 14.3. The summed E-state index contributed by atoms with van der Waals surface area (Å²) in [5.41, 5.74) is 6.73. The molecule has 38 heavy (non-hydrogen) atoms. The van der Waals surface area contributed by atoms with Crippen LogP contribution in [0.15, 0.2) is 70.7 Å². The minimum atomic E-state index is -4.00. The number of thioether (sulfide) groups is 1. The molecule has 0 unspecified atom stereocenters. The second-order valence-corrected chi connectivity index (χ2v) is 13.1. The van der Waals surface area contributed by atoms with Crippen molar-refractivity contribution in [2.75, 3.05) is 6.61 Å². The Labute approximate surface area is 229 Å². The Morgan fingerprint density at radius 3 is 2.66 bits per heavy atom. The molecule has 1 fully saturated rings. The summed E-state index contributed by atoms with van der Waals surface area (Å²) in [4.78, 5) is 8.61. The standard InChI is InChI=1S/C27H24ClF2N3O3S2/c1-16-3-7-19(8-4-16)38(34,35)36-15-27-13-24(27)26(2,33-25(31)37-27)20-11-17(5-9-21(20)29)12-22(30)23-10-6-18(28)14-32-23/h3-12,14,24H,13,15H2,1-2H3,(H2,31,33)/b22-12-/t24-,26+,27+/m0/s1. The van der Waals surface area contributed by atoms with E-state index in [1.165, 1.54) is 66.5 Å². The number of rotatable bonds is 7. The van der Waals surface area contributed by atoms with Gasteiger partial charge in [-0.1, -0.05) is 47.1 Å². The molecule has 6 nitrogen and oxygen atoms in total. The maximum atomic E-state index is 15.2. The first-order chi connectivity index (χ1) is 17.9. The molecule has 2 heterocycles. The van der Waals surface area contributed by atoms with Crippen LogP contribution < -0.4 is 5.73 Å². The largest absolute Gasteiger partial charge is 0.378 e. The van der Waals surface area contributed by atoms with E-state index in [4.69, 9.17) is 21.5 Å². The Kier molecular flexibility index (Phi) is 6.88. The lowest BCUT2D eigenvalue weighted by atomic mass is 9.85. The molecule has 2 N–H and O–H groups in total. The molecular weight excluding hydrogens is 552 g/mol. The molecule has 2 aliphatic rings. The summed E-state index contributed by atoms with van der Waals surface area (Å²) in [6.07, 6.45) is 3.11. The van der Waals surface area contributed by atoms with Gasteiger partial charge in [-0.25, -0.2) is 8.78 Å². The topological polar surface area (TPSA) is 94.6 Å². The molecule has 11 heteroatoms. The molecule has 3 aromatic rings. The van der Waals surface area contributed by atoms with Gasteiger partial charge < -0.3 is 5.73 Å². The van der Waals surface area contributed by atoms with Gasteiger partial charge in [0.25, 0.3) is 10.1 Å². The van der Waals surface area contributed by atoms with Crippen molar-refractivity contribution in [3.63, 3.8) is 0 Å². The SMILES string of the molecule is Cc1ccc(S(=O)(=O)OC[C@]23C[C@H]2[C@@](C)(c2cc(/C=C(\F)c4ccc(Cl)cn4)ccc2F)N=C(N)S3)cc1. The quantitative estimate of drug-likeness (QED) is 0.343. The minimum Gasteiger partial charge on any atom is -0.378 e. The van der Waals surface area contributed by atoms with E-state index >= 15 is 4.39 Å². The number of benzene rings is 2. The van der Waals surface area contributed by atoms with Crippen molar-refractivity contribution in [3.05, 3.63) is 94.0 Å². The van der Waals surface area contributed by atoms with Gasteiger partial charge in [-0.05, 0) is 68.3 Å². The molecule has 0 bridgehead atoms. The third kappa shape index (κ3) is 5.10. The highest BCUT2D eigenvalue weighted by Gasteiger charge is 2.67. The van der Waals surface area contributed by atoms with Gasteiger partial charge in [0, 0.05) is 17.7 Å². The van der Waals surface area contributed by atoms with E-state index < -0.39 is 32.0 Å². The Morgan fingerprint density at radius 2 is 1.97 bits per heavy atom. The van der Waals surface area contributed by atoms with Gasteiger partial charge in [0.2, 0.25) is 0 Å². The van der Waals surface area contributed by atoms with E-state index in [0.717, 1.165) is 5.56 Å². The summed E-state index contributed by atoms with van der Waals surface area (Å²) in [5, 5.41) is 0.585. The molecule has 1 aromatic heterocycles. The van der Waals surface area contributed by atoms with Crippen LogP contribution in [-0.4, -0.2) is 29.9 Å². The molecule has 1 aliphatic carbocycles. The van der Waals surface area contributed by atoms with Crippen molar-refractivity contribution >= 4 is 50.6 Å². The van der Waals surface area contributed by atoms with Gasteiger partial charge in [0.05, 0.1) is 32.5 Å². The summed E-state index contributed by atoms with van der Waals surface area (Å²) in [5.74, 6) is -1.38. The number of nitrogens with two attached hydrogens (primary N) is 1. The van der Waals surface area contributed by atoms with Crippen molar-refractivity contribution < 1.29 is 21.4 Å². The second-order valence-electron chi connectivity index (χ2n) is 9.64. The fourth-order valence-corrected chi connectivity index (χ4v) is 7.34. The van der Waals surface area contributed by atoms with Crippen LogP contribution in [0.5, 0.6) is 0 Å². The lowest BCUT2D eigenvalue weighted by Crippen LogP contribution is -2.38. The number of aliphatic imine (C=N–C) groups is 1. The number of aryl methyl sites for hydroxylation is 1. The van der Waals surface area contributed by atoms with Crippen molar-refractivity contribution in [2.45, 2.75) is 35.4 Å². The summed E-state index contributed by atoms with van der Waals surface area (Å²) in [7, 11) is -4.00. The molecule has 0 amide bonds. The number of halogens is 3. The normalized spacial score (nSPS) is 25.0. The van der Waals surface area contributed by atoms with Crippen molar-refractivity contribution in [2.24, 2.45) is 16.6 Å². The van der Waals surface area contributed by atoms with Gasteiger partial charge in [-0.2, -0.15) is 8.42 Å². The number of fused-ring (bicyclic) bond motifs is 1. The zero-order chi connectivity index (χ0) is 27.3. The van der Waals surface area contributed by atoms with Gasteiger partial charge in [0.1, 0.15) is 11.6 Å². The van der Waals surface area contributed by atoms with Crippen LogP contribution in [0.3, 0.4) is 0 Å². The second kappa shape index (κ2) is 9.75. The lowest BCUT2D eigenvalue weighted by molar-refractivity contribution is 0.287. The maximum Gasteiger partial charge on any atom is 0.297 e.